The summed E-state index contributed by atoms with van der Waals surface area (Å²) in [6.07, 6.45) is -0.00955. The quantitative estimate of drug-likeness (QED) is 0.899. The minimum atomic E-state index is -1.05. The van der Waals surface area contributed by atoms with E-state index in [9.17, 15) is 14.7 Å². The molecule has 0 aliphatic carbocycles. The lowest BCUT2D eigenvalue weighted by Gasteiger charge is -2.30. The van der Waals surface area contributed by atoms with Crippen LogP contribution in [0.25, 0.3) is 0 Å². The van der Waals surface area contributed by atoms with Crippen molar-refractivity contribution in [1.29, 1.82) is 0 Å². The van der Waals surface area contributed by atoms with Gasteiger partial charge in [-0.25, -0.2) is 0 Å². The highest BCUT2D eigenvalue weighted by molar-refractivity contribution is 5.95. The van der Waals surface area contributed by atoms with E-state index in [1.807, 2.05) is 45.0 Å². The number of nitrogens with zero attached hydrogens (tertiary/aromatic N) is 1. The zero-order valence-corrected chi connectivity index (χ0v) is 12.8. The zero-order chi connectivity index (χ0) is 15.5. The van der Waals surface area contributed by atoms with E-state index in [0.717, 1.165) is 11.3 Å². The molecule has 0 aliphatic heterocycles. The first kappa shape index (κ1) is 16.2. The van der Waals surface area contributed by atoms with Crippen molar-refractivity contribution in [3.8, 4) is 0 Å². The summed E-state index contributed by atoms with van der Waals surface area (Å²) in [5, 5.41) is 9.37. The van der Waals surface area contributed by atoms with E-state index in [4.69, 9.17) is 0 Å². The van der Waals surface area contributed by atoms with E-state index in [0.29, 0.717) is 0 Å². The summed E-state index contributed by atoms with van der Waals surface area (Å²) < 4.78 is 0. The second-order valence-corrected chi connectivity index (χ2v) is 5.84. The average Bonchev–Trinajstić information content (AvgIpc) is 2.38. The summed E-state index contributed by atoms with van der Waals surface area (Å²) in [5.41, 5.74) is 0.847. The molecular formula is C16H23NO3. The molecule has 20 heavy (non-hydrogen) atoms. The van der Waals surface area contributed by atoms with Crippen LogP contribution in [0.1, 0.15) is 32.8 Å². The normalized spacial score (nSPS) is 13.9. The monoisotopic (exact) mass is 277 g/mol. The minimum Gasteiger partial charge on any atom is -0.481 e. The van der Waals surface area contributed by atoms with Gasteiger partial charge in [0, 0.05) is 19.2 Å². The molecular weight excluding hydrogens is 254 g/mol. The van der Waals surface area contributed by atoms with Crippen molar-refractivity contribution in [1.82, 2.24) is 0 Å². The Morgan fingerprint density at radius 2 is 1.75 bits per heavy atom. The minimum absolute atomic E-state index is 0.00955. The van der Waals surface area contributed by atoms with Crippen LogP contribution >= 0.6 is 0 Å². The van der Waals surface area contributed by atoms with Crippen molar-refractivity contribution in [2.45, 2.75) is 34.1 Å². The number of amides is 1. The van der Waals surface area contributed by atoms with Crippen LogP contribution in [0.3, 0.4) is 0 Å². The van der Waals surface area contributed by atoms with Gasteiger partial charge in [0.05, 0.1) is 5.41 Å². The zero-order valence-electron chi connectivity index (χ0n) is 12.8. The van der Waals surface area contributed by atoms with E-state index in [1.165, 1.54) is 4.90 Å². The summed E-state index contributed by atoms with van der Waals surface area (Å²) in [5.74, 6) is -1.24. The molecule has 1 N–H and O–H groups in total. The highest BCUT2D eigenvalue weighted by Crippen LogP contribution is 2.32. The summed E-state index contributed by atoms with van der Waals surface area (Å²) in [6.45, 7) is 7.26. The van der Waals surface area contributed by atoms with Gasteiger partial charge < -0.3 is 10.0 Å². The lowest BCUT2D eigenvalue weighted by Crippen LogP contribution is -2.39. The molecule has 0 spiro atoms. The Bertz CT molecular complexity index is 493. The number of carboxylic acid groups (broad SMARTS) is 1. The predicted octanol–water partition coefficient (Wildman–Crippen LogP) is 3.09. The third kappa shape index (κ3) is 3.38. The number of aryl methyl sites for hydroxylation is 1. The second-order valence-electron chi connectivity index (χ2n) is 5.84. The summed E-state index contributed by atoms with van der Waals surface area (Å²) >= 11 is 0. The number of benzene rings is 1. The third-order valence-corrected chi connectivity index (χ3v) is 4.08. The molecule has 1 aromatic carbocycles. The molecule has 0 aromatic heterocycles. The van der Waals surface area contributed by atoms with Crippen molar-refractivity contribution in [2.24, 2.45) is 11.3 Å². The standard InChI is InChI=1S/C16H23NO3/c1-11(2)16(4,15(19)20)10-14(18)17(5)13-8-6-12(3)7-9-13/h6-9,11H,10H2,1-5H3,(H,19,20). The van der Waals surface area contributed by atoms with Gasteiger partial charge in [-0.3, -0.25) is 9.59 Å². The first-order valence-electron chi connectivity index (χ1n) is 6.75. The average molecular weight is 277 g/mol. The van der Waals surface area contributed by atoms with Gasteiger partial charge in [0.2, 0.25) is 5.91 Å². The Morgan fingerprint density at radius 3 is 2.15 bits per heavy atom. The fourth-order valence-corrected chi connectivity index (χ4v) is 1.87. The first-order chi connectivity index (χ1) is 9.18. The Hall–Kier alpha value is -1.84. The van der Waals surface area contributed by atoms with Gasteiger partial charge in [0.1, 0.15) is 0 Å². The molecule has 0 saturated carbocycles. The lowest BCUT2D eigenvalue weighted by molar-refractivity contribution is -0.153. The molecule has 1 atom stereocenters. The SMILES string of the molecule is Cc1ccc(N(C)C(=O)CC(C)(C(=O)O)C(C)C)cc1. The molecule has 0 heterocycles. The number of anilines is 1. The van der Waals surface area contributed by atoms with Crippen LogP contribution in [0.5, 0.6) is 0 Å². The van der Waals surface area contributed by atoms with E-state index >= 15 is 0 Å². The molecule has 110 valence electrons. The van der Waals surface area contributed by atoms with Crippen LogP contribution in [-0.4, -0.2) is 24.0 Å². The van der Waals surface area contributed by atoms with E-state index < -0.39 is 11.4 Å². The van der Waals surface area contributed by atoms with Gasteiger partial charge in [-0.15, -0.1) is 0 Å². The number of carbonyl (C=O) groups is 2. The van der Waals surface area contributed by atoms with Crippen molar-refractivity contribution in [2.75, 3.05) is 11.9 Å². The Labute approximate surface area is 120 Å². The molecule has 1 amide bonds. The van der Waals surface area contributed by atoms with Crippen LogP contribution < -0.4 is 4.90 Å². The van der Waals surface area contributed by atoms with Gasteiger partial charge in [-0.05, 0) is 31.9 Å². The van der Waals surface area contributed by atoms with Crippen LogP contribution in [-0.2, 0) is 9.59 Å². The van der Waals surface area contributed by atoms with Crippen LogP contribution in [0.15, 0.2) is 24.3 Å². The van der Waals surface area contributed by atoms with Crippen molar-refractivity contribution in [3.63, 3.8) is 0 Å². The van der Waals surface area contributed by atoms with Gasteiger partial charge in [-0.1, -0.05) is 31.5 Å². The number of hydrogen-bond donors (Lipinski definition) is 1. The maximum atomic E-state index is 12.3. The number of aliphatic carboxylic acids is 1. The molecule has 4 heteroatoms. The van der Waals surface area contributed by atoms with E-state index in [-0.39, 0.29) is 18.2 Å². The van der Waals surface area contributed by atoms with Crippen molar-refractivity contribution < 1.29 is 14.7 Å². The number of hydrogen-bond acceptors (Lipinski definition) is 2. The third-order valence-electron chi connectivity index (χ3n) is 4.08. The Kier molecular flexibility index (Phi) is 4.93. The van der Waals surface area contributed by atoms with E-state index in [2.05, 4.69) is 0 Å². The summed E-state index contributed by atoms with van der Waals surface area (Å²) in [4.78, 5) is 25.3. The van der Waals surface area contributed by atoms with E-state index in [1.54, 1.807) is 14.0 Å². The smallest absolute Gasteiger partial charge is 0.310 e. The highest BCUT2D eigenvalue weighted by Gasteiger charge is 2.39. The van der Waals surface area contributed by atoms with Crippen LogP contribution in [0.2, 0.25) is 0 Å². The number of carboxylic acids is 1. The Morgan fingerprint density at radius 1 is 1.25 bits per heavy atom. The fraction of sp³-hybridized carbons (Fsp3) is 0.500. The molecule has 4 nitrogen and oxygen atoms in total. The van der Waals surface area contributed by atoms with Gasteiger partial charge in [0.25, 0.3) is 0 Å². The topological polar surface area (TPSA) is 57.6 Å². The number of carbonyl (C=O) groups excluding carboxylic acids is 1. The van der Waals surface area contributed by atoms with Gasteiger partial charge in [-0.2, -0.15) is 0 Å². The van der Waals surface area contributed by atoms with Crippen LogP contribution in [0, 0.1) is 18.3 Å². The number of rotatable bonds is 5. The van der Waals surface area contributed by atoms with Crippen molar-refractivity contribution >= 4 is 17.6 Å². The molecule has 0 saturated heterocycles. The highest BCUT2D eigenvalue weighted by atomic mass is 16.4. The van der Waals surface area contributed by atoms with Crippen molar-refractivity contribution in [3.05, 3.63) is 29.8 Å². The molecule has 0 radical (unpaired) electrons. The van der Waals surface area contributed by atoms with Crippen LogP contribution in [0.4, 0.5) is 5.69 Å². The molecule has 0 bridgehead atoms. The predicted molar refractivity (Wildman–Crippen MR) is 79.8 cm³/mol. The molecule has 1 unspecified atom stereocenters. The summed E-state index contributed by atoms with van der Waals surface area (Å²) in [6, 6.07) is 7.58. The second kappa shape index (κ2) is 6.07. The largest absolute Gasteiger partial charge is 0.481 e. The lowest BCUT2D eigenvalue weighted by atomic mass is 9.76. The maximum Gasteiger partial charge on any atom is 0.310 e. The molecule has 0 aliphatic rings. The summed E-state index contributed by atoms with van der Waals surface area (Å²) in [7, 11) is 1.68. The first-order valence-corrected chi connectivity index (χ1v) is 6.75. The maximum absolute atomic E-state index is 12.3. The molecule has 0 fully saturated rings. The van der Waals surface area contributed by atoms with Gasteiger partial charge >= 0.3 is 5.97 Å². The molecule has 1 aromatic rings. The fourth-order valence-electron chi connectivity index (χ4n) is 1.87. The van der Waals surface area contributed by atoms with Gasteiger partial charge in [0.15, 0.2) is 0 Å². The Balaban J connectivity index is 2.89. The molecule has 1 rings (SSSR count).